The standard InChI is InChI=1S/C29H28N4O4/c1-18-25(28(36)32(30(18)3)20-11-7-5-8-12-20)27(23-16-15-22(34)17-24(23)35)26-19(2)31(4)33(29(26)37)21-13-9-6-10-14-21/h5-17,27,34-35H,1-4H3. The Morgan fingerprint density at radius 2 is 1.08 bits per heavy atom. The summed E-state index contributed by atoms with van der Waals surface area (Å²) in [5.74, 6) is -1.20. The van der Waals surface area contributed by atoms with E-state index < -0.39 is 5.92 Å². The number of phenolic OH excluding ortho intramolecular Hbond substituents is 2. The highest BCUT2D eigenvalue weighted by Gasteiger charge is 2.34. The van der Waals surface area contributed by atoms with E-state index in [1.54, 1.807) is 38.9 Å². The Bertz CT molecular complexity index is 1620. The predicted octanol–water partition coefficient (Wildman–Crippen LogP) is 3.87. The molecule has 0 spiro atoms. The third-order valence-corrected chi connectivity index (χ3v) is 7.10. The van der Waals surface area contributed by atoms with Gasteiger partial charge in [-0.2, -0.15) is 0 Å². The maximum absolute atomic E-state index is 14.1. The van der Waals surface area contributed by atoms with Crippen molar-refractivity contribution < 1.29 is 10.2 Å². The fourth-order valence-electron chi connectivity index (χ4n) is 5.07. The molecule has 2 heterocycles. The summed E-state index contributed by atoms with van der Waals surface area (Å²) in [7, 11) is 3.59. The molecule has 37 heavy (non-hydrogen) atoms. The van der Waals surface area contributed by atoms with Crippen molar-refractivity contribution in [3.8, 4) is 22.9 Å². The molecule has 0 bridgehead atoms. The van der Waals surface area contributed by atoms with Gasteiger partial charge in [-0.3, -0.25) is 19.0 Å². The number of rotatable bonds is 5. The molecule has 8 nitrogen and oxygen atoms in total. The van der Waals surface area contributed by atoms with E-state index in [2.05, 4.69) is 0 Å². The van der Waals surface area contributed by atoms with Crippen LogP contribution in [0.4, 0.5) is 0 Å². The molecule has 0 atom stereocenters. The third kappa shape index (κ3) is 3.78. The summed E-state index contributed by atoms with van der Waals surface area (Å²) in [6.45, 7) is 3.66. The van der Waals surface area contributed by atoms with Crippen LogP contribution in [0.1, 0.15) is 34.0 Å². The quantitative estimate of drug-likeness (QED) is 0.386. The summed E-state index contributed by atoms with van der Waals surface area (Å²) in [6.07, 6.45) is 0. The van der Waals surface area contributed by atoms with Crippen molar-refractivity contribution in [3.05, 3.63) is 128 Å². The van der Waals surface area contributed by atoms with E-state index in [1.807, 2.05) is 74.5 Å². The monoisotopic (exact) mass is 496 g/mol. The molecular weight excluding hydrogens is 468 g/mol. The average Bonchev–Trinajstić information content (AvgIpc) is 3.24. The number of hydrogen-bond donors (Lipinski definition) is 2. The molecule has 0 fully saturated rings. The van der Waals surface area contributed by atoms with E-state index in [0.717, 1.165) is 0 Å². The van der Waals surface area contributed by atoms with Crippen molar-refractivity contribution in [2.45, 2.75) is 19.8 Å². The normalized spacial score (nSPS) is 11.4. The van der Waals surface area contributed by atoms with Crippen molar-refractivity contribution >= 4 is 0 Å². The van der Waals surface area contributed by atoms with Gasteiger partial charge in [0.2, 0.25) is 0 Å². The molecule has 5 aromatic rings. The minimum Gasteiger partial charge on any atom is -0.508 e. The van der Waals surface area contributed by atoms with Crippen molar-refractivity contribution in [3.63, 3.8) is 0 Å². The number of para-hydroxylation sites is 2. The first-order valence-corrected chi connectivity index (χ1v) is 11.9. The SMILES string of the molecule is Cc1c(C(c2ccc(O)cc2O)c2c(C)n(C)n(-c3ccccc3)c2=O)c(=O)n(-c2ccccc2)n1C. The lowest BCUT2D eigenvalue weighted by molar-refractivity contribution is 0.445. The second-order valence-electron chi connectivity index (χ2n) is 9.13. The van der Waals surface area contributed by atoms with E-state index in [4.69, 9.17) is 0 Å². The molecule has 3 aromatic carbocycles. The van der Waals surface area contributed by atoms with Gasteiger partial charge in [0.1, 0.15) is 11.5 Å². The minimum atomic E-state index is -0.882. The molecule has 0 radical (unpaired) electrons. The molecule has 188 valence electrons. The molecule has 0 amide bonds. The van der Waals surface area contributed by atoms with Gasteiger partial charge in [0.25, 0.3) is 11.1 Å². The molecule has 0 aliphatic rings. The zero-order chi connectivity index (χ0) is 26.4. The number of benzene rings is 3. The highest BCUT2D eigenvalue weighted by molar-refractivity contribution is 5.53. The third-order valence-electron chi connectivity index (χ3n) is 7.10. The summed E-state index contributed by atoms with van der Waals surface area (Å²) < 4.78 is 6.63. The van der Waals surface area contributed by atoms with Crippen LogP contribution in [0.5, 0.6) is 11.5 Å². The number of aromatic hydroxyl groups is 2. The van der Waals surface area contributed by atoms with Crippen LogP contribution in [-0.2, 0) is 14.1 Å². The van der Waals surface area contributed by atoms with Gasteiger partial charge in [-0.05, 0) is 44.2 Å². The Morgan fingerprint density at radius 3 is 1.49 bits per heavy atom. The molecular formula is C29H28N4O4. The summed E-state index contributed by atoms with van der Waals surface area (Å²) >= 11 is 0. The van der Waals surface area contributed by atoms with E-state index in [0.29, 0.717) is 39.5 Å². The molecule has 0 saturated heterocycles. The van der Waals surface area contributed by atoms with Crippen LogP contribution < -0.4 is 11.1 Å². The smallest absolute Gasteiger partial charge is 0.275 e. The van der Waals surface area contributed by atoms with Gasteiger partial charge >= 0.3 is 0 Å². The van der Waals surface area contributed by atoms with Gasteiger partial charge in [-0.1, -0.05) is 42.5 Å². The number of phenols is 2. The minimum absolute atomic E-state index is 0.113. The number of aromatic nitrogens is 4. The van der Waals surface area contributed by atoms with E-state index in [9.17, 15) is 19.8 Å². The summed E-state index contributed by atoms with van der Waals surface area (Å²) in [5.41, 5.74) is 3.19. The topological polar surface area (TPSA) is 94.3 Å². The molecule has 0 aliphatic heterocycles. The molecule has 0 saturated carbocycles. The molecule has 0 unspecified atom stereocenters. The summed E-state index contributed by atoms with van der Waals surface area (Å²) in [4.78, 5) is 28.1. The largest absolute Gasteiger partial charge is 0.508 e. The fraction of sp³-hybridized carbons (Fsp3) is 0.172. The van der Waals surface area contributed by atoms with Gasteiger partial charge in [-0.15, -0.1) is 0 Å². The Hall–Kier alpha value is -4.72. The maximum Gasteiger partial charge on any atom is 0.275 e. The summed E-state index contributed by atoms with van der Waals surface area (Å²) in [5, 5.41) is 20.9. The van der Waals surface area contributed by atoms with Crippen LogP contribution in [0.25, 0.3) is 11.4 Å². The lowest BCUT2D eigenvalue weighted by atomic mass is 9.84. The number of hydrogen-bond acceptors (Lipinski definition) is 4. The van der Waals surface area contributed by atoms with Gasteiger partial charge in [0.15, 0.2) is 0 Å². The molecule has 8 heteroatoms. The molecule has 0 aliphatic carbocycles. The van der Waals surface area contributed by atoms with Crippen molar-refractivity contribution in [2.75, 3.05) is 0 Å². The van der Waals surface area contributed by atoms with Gasteiger partial charge in [0, 0.05) is 37.1 Å². The first kappa shape index (κ1) is 24.0. The Labute approximate surface area is 213 Å². The maximum atomic E-state index is 14.1. The van der Waals surface area contributed by atoms with E-state index >= 15 is 0 Å². The zero-order valence-electron chi connectivity index (χ0n) is 21.1. The number of nitrogens with zero attached hydrogens (tertiary/aromatic N) is 4. The van der Waals surface area contributed by atoms with Crippen LogP contribution in [-0.4, -0.2) is 28.9 Å². The molecule has 2 N–H and O–H groups in total. The van der Waals surface area contributed by atoms with Crippen LogP contribution in [0.3, 0.4) is 0 Å². The van der Waals surface area contributed by atoms with Gasteiger partial charge in [-0.25, -0.2) is 9.36 Å². The van der Waals surface area contributed by atoms with Crippen molar-refractivity contribution in [2.24, 2.45) is 14.1 Å². The van der Waals surface area contributed by atoms with Crippen LogP contribution in [0.2, 0.25) is 0 Å². The van der Waals surface area contributed by atoms with Crippen molar-refractivity contribution in [1.82, 2.24) is 18.7 Å². The lowest BCUT2D eigenvalue weighted by Gasteiger charge is -2.18. The lowest BCUT2D eigenvalue weighted by Crippen LogP contribution is -2.26. The van der Waals surface area contributed by atoms with Gasteiger partial charge in [0.05, 0.1) is 28.4 Å². The van der Waals surface area contributed by atoms with Crippen LogP contribution in [0, 0.1) is 13.8 Å². The average molecular weight is 497 g/mol. The van der Waals surface area contributed by atoms with Crippen LogP contribution in [0.15, 0.2) is 88.5 Å². The highest BCUT2D eigenvalue weighted by Crippen LogP contribution is 2.39. The fourth-order valence-corrected chi connectivity index (χ4v) is 5.07. The zero-order valence-corrected chi connectivity index (χ0v) is 21.1. The molecule has 2 aromatic heterocycles. The van der Waals surface area contributed by atoms with E-state index in [1.165, 1.54) is 12.1 Å². The van der Waals surface area contributed by atoms with Crippen LogP contribution >= 0.6 is 0 Å². The second-order valence-corrected chi connectivity index (χ2v) is 9.13. The second kappa shape index (κ2) is 9.05. The first-order chi connectivity index (χ1) is 17.7. The van der Waals surface area contributed by atoms with Crippen molar-refractivity contribution in [1.29, 1.82) is 0 Å². The molecule has 5 rings (SSSR count). The van der Waals surface area contributed by atoms with E-state index in [-0.39, 0.29) is 22.6 Å². The Balaban J connectivity index is 1.87. The first-order valence-electron chi connectivity index (χ1n) is 11.9. The Morgan fingerprint density at radius 1 is 0.649 bits per heavy atom. The Kier molecular flexibility index (Phi) is 5.87. The van der Waals surface area contributed by atoms with Gasteiger partial charge < -0.3 is 10.2 Å². The summed E-state index contributed by atoms with van der Waals surface area (Å²) in [6, 6.07) is 22.8. The predicted molar refractivity (Wildman–Crippen MR) is 142 cm³/mol. The highest BCUT2D eigenvalue weighted by atomic mass is 16.3.